The van der Waals surface area contributed by atoms with Crippen molar-refractivity contribution in [3.63, 3.8) is 0 Å². The van der Waals surface area contributed by atoms with Gasteiger partial charge in [-0.05, 0) is 45.8 Å². The van der Waals surface area contributed by atoms with E-state index in [1.807, 2.05) is 30.3 Å². The molecule has 0 bridgehead atoms. The fraction of sp³-hybridized carbons (Fsp3) is 0.211. The number of nitrogens with one attached hydrogen (secondary N) is 1. The van der Waals surface area contributed by atoms with E-state index in [-0.39, 0.29) is 11.2 Å². The molecule has 0 spiro atoms. The van der Waals surface area contributed by atoms with Gasteiger partial charge in [-0.15, -0.1) is 0 Å². The minimum Gasteiger partial charge on any atom is -0.496 e. The number of carbonyl (C=O) groups is 1. The first-order chi connectivity index (χ1) is 11.4. The van der Waals surface area contributed by atoms with Gasteiger partial charge < -0.3 is 9.72 Å². The molecule has 1 aliphatic rings. The highest BCUT2D eigenvalue weighted by atomic mass is 79.9. The topological polar surface area (TPSA) is 42.1 Å². The number of hydrogen-bond acceptors (Lipinski definition) is 2. The molecule has 0 saturated carbocycles. The maximum absolute atomic E-state index is 13.2. The largest absolute Gasteiger partial charge is 0.496 e. The van der Waals surface area contributed by atoms with Crippen LogP contribution in [0.5, 0.6) is 5.75 Å². The van der Waals surface area contributed by atoms with Gasteiger partial charge in [-0.3, -0.25) is 4.79 Å². The molecule has 1 aliphatic carbocycles. The number of H-pyrrole nitrogens is 1. The van der Waals surface area contributed by atoms with E-state index in [1.165, 1.54) is 0 Å². The van der Waals surface area contributed by atoms with Crippen molar-refractivity contribution in [3.05, 3.63) is 62.2 Å². The summed E-state index contributed by atoms with van der Waals surface area (Å²) in [6, 6.07) is 9.43. The van der Waals surface area contributed by atoms with Crippen molar-refractivity contribution in [2.45, 2.75) is 19.3 Å². The van der Waals surface area contributed by atoms with Gasteiger partial charge in [0.15, 0.2) is 5.78 Å². The molecule has 0 atom stereocenters. The summed E-state index contributed by atoms with van der Waals surface area (Å²) in [6.45, 7) is 4.21. The molecule has 24 heavy (non-hydrogen) atoms. The first kappa shape index (κ1) is 15.7. The predicted molar refractivity (Wildman–Crippen MR) is 99.6 cm³/mol. The molecule has 0 aliphatic heterocycles. The maximum Gasteiger partial charge on any atom is 0.195 e. The smallest absolute Gasteiger partial charge is 0.195 e. The van der Waals surface area contributed by atoms with Crippen molar-refractivity contribution in [2.24, 2.45) is 0 Å². The first-order valence-corrected chi connectivity index (χ1v) is 8.76. The van der Waals surface area contributed by atoms with Crippen LogP contribution >= 0.6 is 27.5 Å². The Balaban J connectivity index is 2.12. The zero-order valence-corrected chi connectivity index (χ0v) is 15.8. The Hall–Kier alpha value is -1.78. The molecule has 3 aromatic rings. The van der Waals surface area contributed by atoms with Crippen LogP contribution in [-0.4, -0.2) is 17.9 Å². The Morgan fingerprint density at radius 2 is 2.00 bits per heavy atom. The first-order valence-electron chi connectivity index (χ1n) is 7.59. The van der Waals surface area contributed by atoms with E-state index in [2.05, 4.69) is 34.8 Å². The quantitative estimate of drug-likeness (QED) is 0.585. The van der Waals surface area contributed by atoms with Gasteiger partial charge >= 0.3 is 0 Å². The number of aromatic nitrogens is 1. The summed E-state index contributed by atoms with van der Waals surface area (Å²) in [5.74, 6) is 0.703. The van der Waals surface area contributed by atoms with E-state index in [0.717, 1.165) is 26.6 Å². The van der Waals surface area contributed by atoms with Crippen molar-refractivity contribution < 1.29 is 9.53 Å². The second-order valence-corrected chi connectivity index (χ2v) is 7.79. The summed E-state index contributed by atoms with van der Waals surface area (Å²) in [4.78, 5) is 16.6. The molecule has 0 fully saturated rings. The number of benzene rings is 2. The van der Waals surface area contributed by atoms with Gasteiger partial charge in [-0.2, -0.15) is 0 Å². The molecular weight excluding hydrogens is 390 g/mol. The third-order valence-corrected chi connectivity index (χ3v) is 5.77. The van der Waals surface area contributed by atoms with E-state index >= 15 is 0 Å². The summed E-state index contributed by atoms with van der Waals surface area (Å²) in [7, 11) is 1.62. The van der Waals surface area contributed by atoms with Gasteiger partial charge in [-0.25, -0.2) is 0 Å². The summed E-state index contributed by atoms with van der Waals surface area (Å²) in [5, 5.41) is 1.38. The van der Waals surface area contributed by atoms with Crippen LogP contribution in [0, 0.1) is 0 Å². The Labute approximate surface area is 153 Å². The Morgan fingerprint density at radius 1 is 1.25 bits per heavy atom. The number of ether oxygens (including phenoxy) is 1. The average Bonchev–Trinajstić information content (AvgIpc) is 2.95. The highest BCUT2D eigenvalue weighted by Crippen LogP contribution is 2.47. The van der Waals surface area contributed by atoms with Gasteiger partial charge in [-0.1, -0.05) is 31.5 Å². The van der Waals surface area contributed by atoms with Crippen LogP contribution in [0.1, 0.15) is 41.0 Å². The van der Waals surface area contributed by atoms with Crippen molar-refractivity contribution >= 4 is 44.2 Å². The zero-order chi connectivity index (χ0) is 17.2. The van der Waals surface area contributed by atoms with Crippen LogP contribution in [0.25, 0.3) is 10.9 Å². The molecule has 4 rings (SSSR count). The fourth-order valence-electron chi connectivity index (χ4n) is 3.58. The lowest BCUT2D eigenvalue weighted by atomic mass is 9.71. The lowest BCUT2D eigenvalue weighted by Crippen LogP contribution is -2.30. The molecule has 1 aromatic heterocycles. The van der Waals surface area contributed by atoms with Gasteiger partial charge in [0, 0.05) is 27.6 Å². The molecule has 0 amide bonds. The van der Waals surface area contributed by atoms with Crippen molar-refractivity contribution in [1.29, 1.82) is 0 Å². The van der Waals surface area contributed by atoms with Crippen LogP contribution < -0.4 is 4.74 Å². The second-order valence-electron chi connectivity index (χ2n) is 6.52. The van der Waals surface area contributed by atoms with Crippen LogP contribution in [0.15, 0.2) is 34.8 Å². The van der Waals surface area contributed by atoms with Gasteiger partial charge in [0.2, 0.25) is 0 Å². The van der Waals surface area contributed by atoms with Gasteiger partial charge in [0.1, 0.15) is 5.75 Å². The van der Waals surface area contributed by atoms with Crippen LogP contribution in [0.4, 0.5) is 0 Å². The Bertz CT molecular complexity index is 1020. The number of carbonyl (C=O) groups excluding carboxylic acids is 1. The molecule has 1 heterocycles. The van der Waals surface area contributed by atoms with Crippen LogP contribution in [0.2, 0.25) is 5.02 Å². The highest BCUT2D eigenvalue weighted by molar-refractivity contribution is 9.10. The Kier molecular flexibility index (Phi) is 3.35. The highest BCUT2D eigenvalue weighted by Gasteiger charge is 2.40. The number of rotatable bonds is 1. The van der Waals surface area contributed by atoms with Crippen molar-refractivity contribution in [2.75, 3.05) is 7.11 Å². The fourth-order valence-corrected chi connectivity index (χ4v) is 4.36. The molecular formula is C19H15BrClNO2. The third kappa shape index (κ3) is 1.93. The lowest BCUT2D eigenvalue weighted by molar-refractivity contribution is 0.103. The van der Waals surface area contributed by atoms with E-state index in [9.17, 15) is 4.79 Å². The standard InChI is InChI=1S/C19H15BrClNO2/c1-19(2)10-8-14(24-3)11(20)7-9(10)17(23)16-15-12(21)5-4-6-13(15)22-18(16)19/h4-8,22H,1-3H3. The van der Waals surface area contributed by atoms with Crippen molar-refractivity contribution in [1.82, 2.24) is 4.98 Å². The van der Waals surface area contributed by atoms with Gasteiger partial charge in [0.25, 0.3) is 0 Å². The van der Waals surface area contributed by atoms with Crippen molar-refractivity contribution in [3.8, 4) is 5.75 Å². The summed E-state index contributed by atoms with van der Waals surface area (Å²) >= 11 is 9.88. The summed E-state index contributed by atoms with van der Waals surface area (Å²) in [5.41, 5.74) is 3.71. The molecule has 0 saturated heterocycles. The number of aromatic amines is 1. The summed E-state index contributed by atoms with van der Waals surface area (Å²) < 4.78 is 6.18. The zero-order valence-electron chi connectivity index (χ0n) is 13.5. The Morgan fingerprint density at radius 3 is 2.71 bits per heavy atom. The number of hydrogen-bond donors (Lipinski definition) is 1. The minimum absolute atomic E-state index is 0.0120. The monoisotopic (exact) mass is 403 g/mol. The molecule has 1 N–H and O–H groups in total. The number of ketones is 1. The molecule has 2 aromatic carbocycles. The third-order valence-electron chi connectivity index (χ3n) is 4.84. The summed E-state index contributed by atoms with van der Waals surface area (Å²) in [6.07, 6.45) is 0. The van der Waals surface area contributed by atoms with E-state index in [1.54, 1.807) is 7.11 Å². The lowest BCUT2D eigenvalue weighted by Gasteiger charge is -2.32. The van der Waals surface area contributed by atoms with E-state index < -0.39 is 0 Å². The van der Waals surface area contributed by atoms with E-state index in [0.29, 0.717) is 21.9 Å². The molecule has 0 unspecified atom stereocenters. The SMILES string of the molecule is COc1cc2c(cc1Br)C(=O)c1c([nH]c3cccc(Cl)c13)C2(C)C. The molecule has 0 radical (unpaired) electrons. The second kappa shape index (κ2) is 5.11. The molecule has 5 heteroatoms. The van der Waals surface area contributed by atoms with Crippen LogP contribution in [-0.2, 0) is 5.41 Å². The number of methoxy groups -OCH3 is 1. The molecule has 122 valence electrons. The van der Waals surface area contributed by atoms with Gasteiger partial charge in [0.05, 0.1) is 22.2 Å². The predicted octanol–water partition coefficient (Wildman–Crippen LogP) is 5.46. The maximum atomic E-state index is 13.2. The molecule has 3 nitrogen and oxygen atoms in total. The average molecular weight is 405 g/mol. The normalized spacial score (nSPS) is 15.3. The number of halogens is 2. The minimum atomic E-state index is -0.366. The number of fused-ring (bicyclic) bond motifs is 4. The van der Waals surface area contributed by atoms with E-state index in [4.69, 9.17) is 16.3 Å². The van der Waals surface area contributed by atoms with Crippen LogP contribution in [0.3, 0.4) is 0 Å².